The maximum atomic E-state index is 13.2. The number of nitrogens with zero attached hydrogens (tertiary/aromatic N) is 1. The number of halogens is 2. The first kappa shape index (κ1) is 16.9. The van der Waals surface area contributed by atoms with Crippen LogP contribution in [-0.2, 0) is 4.79 Å². The molecule has 0 aromatic heterocycles. The molecule has 1 aromatic rings. The Balaban J connectivity index is 1.54. The summed E-state index contributed by atoms with van der Waals surface area (Å²) in [5.74, 6) is -2.13. The lowest BCUT2D eigenvalue weighted by Gasteiger charge is -2.26. The number of hydrogen-bond donors (Lipinski definition) is 1. The monoisotopic (exact) mass is 336 g/mol. The Kier molecular flexibility index (Phi) is 5.11. The summed E-state index contributed by atoms with van der Waals surface area (Å²) in [6, 6.07) is 2.95. The summed E-state index contributed by atoms with van der Waals surface area (Å²) in [5.41, 5.74) is 0.0888. The Hall–Kier alpha value is -1.98. The van der Waals surface area contributed by atoms with Gasteiger partial charge in [0.1, 0.15) is 0 Å². The molecule has 2 amide bonds. The molecule has 2 fully saturated rings. The van der Waals surface area contributed by atoms with Crippen molar-refractivity contribution in [3.63, 3.8) is 0 Å². The first-order chi connectivity index (χ1) is 11.5. The van der Waals surface area contributed by atoms with Crippen LogP contribution in [0.25, 0.3) is 0 Å². The summed E-state index contributed by atoms with van der Waals surface area (Å²) in [5, 5.41) is 2.81. The zero-order valence-corrected chi connectivity index (χ0v) is 13.6. The molecule has 1 atom stereocenters. The molecular formula is C18H22F2N2O2. The van der Waals surface area contributed by atoms with Crippen LogP contribution in [0.1, 0.15) is 48.9 Å². The highest BCUT2D eigenvalue weighted by Crippen LogP contribution is 2.26. The highest BCUT2D eigenvalue weighted by Gasteiger charge is 2.32. The topological polar surface area (TPSA) is 49.4 Å². The molecule has 0 radical (unpaired) electrons. The number of nitrogens with one attached hydrogen (secondary N) is 1. The predicted molar refractivity (Wildman–Crippen MR) is 85.4 cm³/mol. The Morgan fingerprint density at radius 3 is 2.50 bits per heavy atom. The van der Waals surface area contributed by atoms with Gasteiger partial charge in [-0.25, -0.2) is 8.78 Å². The molecule has 0 bridgehead atoms. The van der Waals surface area contributed by atoms with Crippen LogP contribution in [0.5, 0.6) is 0 Å². The van der Waals surface area contributed by atoms with E-state index < -0.39 is 17.5 Å². The molecule has 2 aliphatic rings. The van der Waals surface area contributed by atoms with Gasteiger partial charge in [-0.1, -0.05) is 19.3 Å². The number of likely N-dealkylation sites (tertiary alicyclic amines) is 1. The third-order valence-electron chi connectivity index (χ3n) is 4.97. The van der Waals surface area contributed by atoms with E-state index in [-0.39, 0.29) is 23.4 Å². The van der Waals surface area contributed by atoms with Gasteiger partial charge in [0.05, 0.1) is 0 Å². The number of carbonyl (C=O) groups is 2. The molecule has 1 aromatic carbocycles. The molecule has 1 saturated carbocycles. The van der Waals surface area contributed by atoms with Gasteiger partial charge in [0, 0.05) is 30.6 Å². The van der Waals surface area contributed by atoms with Crippen LogP contribution in [-0.4, -0.2) is 35.8 Å². The molecule has 0 unspecified atom stereocenters. The van der Waals surface area contributed by atoms with E-state index in [1.54, 1.807) is 0 Å². The zero-order chi connectivity index (χ0) is 17.1. The molecule has 1 N–H and O–H groups in total. The molecule has 4 nitrogen and oxygen atoms in total. The van der Waals surface area contributed by atoms with Gasteiger partial charge >= 0.3 is 0 Å². The Morgan fingerprint density at radius 2 is 1.79 bits per heavy atom. The van der Waals surface area contributed by atoms with Crippen LogP contribution >= 0.6 is 0 Å². The van der Waals surface area contributed by atoms with Gasteiger partial charge in [-0.2, -0.15) is 0 Å². The van der Waals surface area contributed by atoms with Crippen LogP contribution in [0, 0.1) is 17.6 Å². The quantitative estimate of drug-likeness (QED) is 0.923. The van der Waals surface area contributed by atoms with E-state index in [1.165, 1.54) is 12.5 Å². The summed E-state index contributed by atoms with van der Waals surface area (Å²) < 4.78 is 26.2. The van der Waals surface area contributed by atoms with Crippen molar-refractivity contribution in [1.82, 2.24) is 10.2 Å². The third kappa shape index (κ3) is 3.74. The van der Waals surface area contributed by atoms with Crippen molar-refractivity contribution in [3.05, 3.63) is 35.4 Å². The Morgan fingerprint density at radius 1 is 1.04 bits per heavy atom. The highest BCUT2D eigenvalue weighted by atomic mass is 19.2. The minimum Gasteiger partial charge on any atom is -0.347 e. The van der Waals surface area contributed by atoms with Crippen molar-refractivity contribution in [1.29, 1.82) is 0 Å². The number of hydrogen-bond acceptors (Lipinski definition) is 2. The second kappa shape index (κ2) is 7.28. The lowest BCUT2D eigenvalue weighted by Crippen LogP contribution is -2.40. The first-order valence-corrected chi connectivity index (χ1v) is 8.59. The molecule has 1 aliphatic carbocycles. The molecule has 1 saturated heterocycles. The van der Waals surface area contributed by atoms with E-state index in [2.05, 4.69) is 5.32 Å². The molecular weight excluding hydrogens is 314 g/mol. The van der Waals surface area contributed by atoms with Gasteiger partial charge < -0.3 is 10.2 Å². The normalized spacial score (nSPS) is 21.8. The fourth-order valence-corrected chi connectivity index (χ4v) is 3.59. The maximum absolute atomic E-state index is 13.2. The van der Waals surface area contributed by atoms with Gasteiger partial charge in [-0.05, 0) is 37.5 Å². The fourth-order valence-electron chi connectivity index (χ4n) is 3.59. The minimum absolute atomic E-state index is 0.0888. The van der Waals surface area contributed by atoms with Gasteiger partial charge in [0.15, 0.2) is 11.6 Å². The van der Waals surface area contributed by atoms with Crippen LogP contribution < -0.4 is 5.32 Å². The molecule has 6 heteroatoms. The van der Waals surface area contributed by atoms with E-state index >= 15 is 0 Å². The number of amides is 2. The van der Waals surface area contributed by atoms with E-state index in [0.29, 0.717) is 19.5 Å². The second-order valence-electron chi connectivity index (χ2n) is 6.71. The smallest absolute Gasteiger partial charge is 0.251 e. The number of carbonyl (C=O) groups excluding carboxylic acids is 2. The van der Waals surface area contributed by atoms with Gasteiger partial charge in [-0.15, -0.1) is 0 Å². The standard InChI is InChI=1S/C18H22F2N2O2/c19-15-7-6-13(10-16(15)20)17(23)21-14-8-9-22(11-14)18(24)12-4-2-1-3-5-12/h6-7,10,12,14H,1-5,8-9,11H2,(H,21,23)/t14-/m0/s1. The summed E-state index contributed by atoms with van der Waals surface area (Å²) >= 11 is 0. The third-order valence-corrected chi connectivity index (χ3v) is 4.97. The van der Waals surface area contributed by atoms with Crippen molar-refractivity contribution < 1.29 is 18.4 Å². The van der Waals surface area contributed by atoms with Crippen LogP contribution in [0.4, 0.5) is 8.78 Å². The fraction of sp³-hybridized carbons (Fsp3) is 0.556. The molecule has 0 spiro atoms. The first-order valence-electron chi connectivity index (χ1n) is 8.59. The molecule has 1 heterocycles. The van der Waals surface area contributed by atoms with Gasteiger partial charge in [-0.3, -0.25) is 9.59 Å². The minimum atomic E-state index is -1.04. The van der Waals surface area contributed by atoms with Crippen molar-refractivity contribution in [2.75, 3.05) is 13.1 Å². The largest absolute Gasteiger partial charge is 0.347 e. The van der Waals surface area contributed by atoms with Crippen LogP contribution in [0.3, 0.4) is 0 Å². The lowest BCUT2D eigenvalue weighted by atomic mass is 9.88. The molecule has 130 valence electrons. The van der Waals surface area contributed by atoms with Crippen LogP contribution in [0.15, 0.2) is 18.2 Å². The number of benzene rings is 1. The summed E-state index contributed by atoms with van der Waals surface area (Å²) in [7, 11) is 0. The molecule has 1 aliphatic heterocycles. The molecule has 24 heavy (non-hydrogen) atoms. The summed E-state index contributed by atoms with van der Waals surface area (Å²) in [6.07, 6.45) is 6.04. The lowest BCUT2D eigenvalue weighted by molar-refractivity contribution is -0.135. The maximum Gasteiger partial charge on any atom is 0.251 e. The van der Waals surface area contributed by atoms with Crippen molar-refractivity contribution in [2.24, 2.45) is 5.92 Å². The average molecular weight is 336 g/mol. The van der Waals surface area contributed by atoms with Crippen molar-refractivity contribution in [3.8, 4) is 0 Å². The van der Waals surface area contributed by atoms with E-state index in [4.69, 9.17) is 0 Å². The second-order valence-corrected chi connectivity index (χ2v) is 6.71. The van der Waals surface area contributed by atoms with Crippen molar-refractivity contribution >= 4 is 11.8 Å². The van der Waals surface area contributed by atoms with Gasteiger partial charge in [0.2, 0.25) is 5.91 Å². The molecule has 3 rings (SSSR count). The summed E-state index contributed by atoms with van der Waals surface area (Å²) in [6.45, 7) is 1.13. The van der Waals surface area contributed by atoms with E-state index in [9.17, 15) is 18.4 Å². The Labute approximate surface area is 140 Å². The van der Waals surface area contributed by atoms with Crippen LogP contribution in [0.2, 0.25) is 0 Å². The average Bonchev–Trinajstić information content (AvgIpc) is 3.06. The van der Waals surface area contributed by atoms with E-state index in [1.807, 2.05) is 4.90 Å². The van der Waals surface area contributed by atoms with Gasteiger partial charge in [0.25, 0.3) is 5.91 Å². The predicted octanol–water partition coefficient (Wildman–Crippen LogP) is 2.88. The SMILES string of the molecule is O=C(N[C@H]1CCN(C(=O)C2CCCCC2)C1)c1ccc(F)c(F)c1. The van der Waals surface area contributed by atoms with E-state index in [0.717, 1.165) is 37.8 Å². The highest BCUT2D eigenvalue weighted by molar-refractivity contribution is 5.94. The summed E-state index contributed by atoms with van der Waals surface area (Å²) in [4.78, 5) is 26.5. The Bertz CT molecular complexity index is 629. The number of rotatable bonds is 3. The van der Waals surface area contributed by atoms with Crippen molar-refractivity contribution in [2.45, 2.75) is 44.6 Å². The zero-order valence-electron chi connectivity index (χ0n) is 13.6.